The minimum atomic E-state index is -0.673. The first-order valence-corrected chi connectivity index (χ1v) is 13.6. The van der Waals surface area contributed by atoms with Crippen LogP contribution >= 0.6 is 22.9 Å². The summed E-state index contributed by atoms with van der Waals surface area (Å²) in [6.45, 7) is 5.98. The Balaban J connectivity index is 1.71. The molecule has 0 atom stereocenters. The van der Waals surface area contributed by atoms with E-state index in [4.69, 9.17) is 16.3 Å². The average Bonchev–Trinajstić information content (AvgIpc) is 3.30. The lowest BCUT2D eigenvalue weighted by Crippen LogP contribution is -2.25. The number of amides is 2. The van der Waals surface area contributed by atoms with Crippen LogP contribution in [0, 0.1) is 6.92 Å². The Bertz CT molecular complexity index is 1610. The Morgan fingerprint density at radius 1 is 1.00 bits per heavy atom. The number of esters is 1. The molecule has 0 aliphatic carbocycles. The van der Waals surface area contributed by atoms with E-state index in [9.17, 15) is 19.2 Å². The number of halogens is 1. The van der Waals surface area contributed by atoms with Crippen molar-refractivity contribution >= 4 is 57.1 Å². The summed E-state index contributed by atoms with van der Waals surface area (Å²) in [5.74, 6) is -1.70. The Labute approximate surface area is 233 Å². The van der Waals surface area contributed by atoms with Crippen LogP contribution in [0.25, 0.3) is 4.96 Å². The Kier molecular flexibility index (Phi) is 8.78. The Hall–Kier alpha value is -4.02. The molecule has 0 radical (unpaired) electrons. The molecule has 2 aromatic heterocycles. The predicted molar refractivity (Wildman–Crippen MR) is 152 cm³/mol. The molecule has 0 bridgehead atoms. The van der Waals surface area contributed by atoms with Crippen molar-refractivity contribution in [2.45, 2.75) is 40.0 Å². The molecule has 11 heteroatoms. The molecule has 0 unspecified atom stereocenters. The number of thiazole rings is 1. The van der Waals surface area contributed by atoms with Crippen molar-refractivity contribution in [3.05, 3.63) is 91.3 Å². The van der Waals surface area contributed by atoms with Gasteiger partial charge >= 0.3 is 5.97 Å². The van der Waals surface area contributed by atoms with Gasteiger partial charge in [-0.3, -0.25) is 14.4 Å². The van der Waals surface area contributed by atoms with Crippen LogP contribution in [-0.2, 0) is 11.2 Å². The lowest BCUT2D eigenvalue weighted by molar-refractivity contribution is 0.0505. The summed E-state index contributed by atoms with van der Waals surface area (Å²) in [5.41, 5.74) is 1.96. The maximum atomic E-state index is 13.5. The number of rotatable bonds is 9. The molecule has 0 saturated carbocycles. The van der Waals surface area contributed by atoms with E-state index in [0.29, 0.717) is 47.1 Å². The van der Waals surface area contributed by atoms with Gasteiger partial charge in [0.2, 0.25) is 0 Å². The van der Waals surface area contributed by atoms with E-state index in [1.807, 2.05) is 13.8 Å². The van der Waals surface area contributed by atoms with Crippen molar-refractivity contribution in [2.24, 2.45) is 0 Å². The first kappa shape index (κ1) is 28.0. The molecule has 0 aliphatic heterocycles. The van der Waals surface area contributed by atoms with Gasteiger partial charge in [-0.25, -0.2) is 14.2 Å². The van der Waals surface area contributed by atoms with E-state index in [1.54, 1.807) is 37.3 Å². The molecule has 4 aromatic rings. The van der Waals surface area contributed by atoms with Gasteiger partial charge in [0.25, 0.3) is 17.4 Å². The predicted octanol–water partition coefficient (Wildman–Crippen LogP) is 5.74. The van der Waals surface area contributed by atoms with Gasteiger partial charge in [0.1, 0.15) is 10.6 Å². The normalized spacial score (nSPS) is 10.9. The molecule has 39 heavy (non-hydrogen) atoms. The minimum absolute atomic E-state index is 0.0277. The second kappa shape index (κ2) is 12.2. The van der Waals surface area contributed by atoms with Crippen molar-refractivity contribution in [1.29, 1.82) is 0 Å². The molecule has 9 nitrogen and oxygen atoms in total. The highest BCUT2D eigenvalue weighted by atomic mass is 35.5. The van der Waals surface area contributed by atoms with Crippen LogP contribution in [0.4, 0.5) is 11.4 Å². The molecule has 0 aliphatic rings. The van der Waals surface area contributed by atoms with Crippen LogP contribution in [0.3, 0.4) is 0 Å². The second-order valence-corrected chi connectivity index (χ2v) is 10.2. The highest BCUT2D eigenvalue weighted by molar-refractivity contribution is 7.19. The summed E-state index contributed by atoms with van der Waals surface area (Å²) in [4.78, 5) is 56.9. The highest BCUT2D eigenvalue weighted by Gasteiger charge is 2.27. The number of aryl methyl sites for hydroxylation is 2. The Morgan fingerprint density at radius 3 is 2.41 bits per heavy atom. The van der Waals surface area contributed by atoms with E-state index < -0.39 is 23.3 Å². The Morgan fingerprint density at radius 2 is 1.74 bits per heavy atom. The summed E-state index contributed by atoms with van der Waals surface area (Å²) in [5, 5.41) is 6.05. The third-order valence-corrected chi connectivity index (χ3v) is 7.03. The molecular weight excluding hydrogens is 540 g/mol. The monoisotopic (exact) mass is 566 g/mol. The van der Waals surface area contributed by atoms with Crippen LogP contribution in [0.15, 0.2) is 53.3 Å². The fraction of sp³-hybridized carbons (Fsp3) is 0.250. The third kappa shape index (κ3) is 6.35. The molecule has 2 amide bonds. The van der Waals surface area contributed by atoms with Crippen LogP contribution in [-0.4, -0.2) is 33.8 Å². The van der Waals surface area contributed by atoms with E-state index in [0.717, 1.165) is 27.7 Å². The molecule has 4 rings (SSSR count). The fourth-order valence-corrected chi connectivity index (χ4v) is 5.14. The standard InChI is InChI=1S/C28H27ClN4O5S/c1-4-6-20-15-22(34)33-23(25(35)30-19-10-7-17(8-11-19)27(37)38-13-5-2)24(39-28(33)31-20)26(36)32-21-12-9-18(29)14-16(21)3/h7-12,14-15H,4-6,13H2,1-3H3,(H,30,35)(H,32,36). The van der Waals surface area contributed by atoms with E-state index in [-0.39, 0.29) is 15.5 Å². The zero-order chi connectivity index (χ0) is 28.1. The largest absolute Gasteiger partial charge is 0.462 e. The van der Waals surface area contributed by atoms with Gasteiger partial charge in [0.15, 0.2) is 4.96 Å². The van der Waals surface area contributed by atoms with Gasteiger partial charge in [-0.2, -0.15) is 0 Å². The minimum Gasteiger partial charge on any atom is -0.462 e. The molecule has 0 saturated heterocycles. The number of aromatic nitrogens is 2. The number of carbonyl (C=O) groups excluding carboxylic acids is 3. The van der Waals surface area contributed by atoms with Gasteiger partial charge in [0, 0.05) is 28.2 Å². The summed E-state index contributed by atoms with van der Waals surface area (Å²) in [6.07, 6.45) is 2.08. The van der Waals surface area contributed by atoms with Crippen LogP contribution in [0.2, 0.25) is 5.02 Å². The number of hydrogen-bond donors (Lipinski definition) is 2. The lowest BCUT2D eigenvalue weighted by atomic mass is 10.2. The smallest absolute Gasteiger partial charge is 0.338 e. The SMILES string of the molecule is CCCOC(=O)c1ccc(NC(=O)c2c(C(=O)Nc3ccc(Cl)cc3C)sc3nc(CCC)cc(=O)n23)cc1. The zero-order valence-electron chi connectivity index (χ0n) is 21.7. The summed E-state index contributed by atoms with van der Waals surface area (Å²) >= 11 is 7.00. The molecular formula is C28H27ClN4O5S. The summed E-state index contributed by atoms with van der Waals surface area (Å²) in [7, 11) is 0. The van der Waals surface area contributed by atoms with Gasteiger partial charge in [-0.05, 0) is 67.8 Å². The van der Waals surface area contributed by atoms with Gasteiger partial charge in [-0.1, -0.05) is 43.2 Å². The van der Waals surface area contributed by atoms with Crippen molar-refractivity contribution < 1.29 is 19.1 Å². The zero-order valence-corrected chi connectivity index (χ0v) is 23.2. The molecule has 0 fully saturated rings. The van der Waals surface area contributed by atoms with Gasteiger partial charge in [0.05, 0.1) is 12.2 Å². The van der Waals surface area contributed by atoms with Gasteiger partial charge in [-0.15, -0.1) is 0 Å². The number of nitrogens with one attached hydrogen (secondary N) is 2. The van der Waals surface area contributed by atoms with Crippen molar-refractivity contribution in [3.63, 3.8) is 0 Å². The van der Waals surface area contributed by atoms with Crippen LogP contribution in [0.1, 0.15) is 68.5 Å². The first-order valence-electron chi connectivity index (χ1n) is 12.4. The maximum absolute atomic E-state index is 13.5. The van der Waals surface area contributed by atoms with E-state index in [2.05, 4.69) is 15.6 Å². The van der Waals surface area contributed by atoms with Crippen LogP contribution in [0.5, 0.6) is 0 Å². The average molecular weight is 567 g/mol. The molecule has 202 valence electrons. The molecule has 2 N–H and O–H groups in total. The number of carbonyl (C=O) groups is 3. The lowest BCUT2D eigenvalue weighted by Gasteiger charge is -2.10. The maximum Gasteiger partial charge on any atom is 0.338 e. The number of nitrogens with zero attached hydrogens (tertiary/aromatic N) is 2. The van der Waals surface area contributed by atoms with Crippen LogP contribution < -0.4 is 16.2 Å². The number of fused-ring (bicyclic) bond motifs is 1. The molecule has 2 aromatic carbocycles. The topological polar surface area (TPSA) is 119 Å². The molecule has 2 heterocycles. The van der Waals surface area contributed by atoms with Crippen molar-refractivity contribution in [3.8, 4) is 0 Å². The quantitative estimate of drug-likeness (QED) is 0.249. The second-order valence-electron chi connectivity index (χ2n) is 8.81. The van der Waals surface area contributed by atoms with E-state index >= 15 is 0 Å². The first-order chi connectivity index (χ1) is 18.7. The van der Waals surface area contributed by atoms with Crippen molar-refractivity contribution in [1.82, 2.24) is 9.38 Å². The highest BCUT2D eigenvalue weighted by Crippen LogP contribution is 2.26. The van der Waals surface area contributed by atoms with Gasteiger partial charge < -0.3 is 15.4 Å². The molecule has 0 spiro atoms. The number of ether oxygens (including phenoxy) is 1. The number of benzene rings is 2. The fourth-order valence-electron chi connectivity index (χ4n) is 3.87. The number of hydrogen-bond acceptors (Lipinski definition) is 7. The van der Waals surface area contributed by atoms with E-state index in [1.165, 1.54) is 18.2 Å². The third-order valence-electron chi connectivity index (χ3n) is 5.75. The summed E-state index contributed by atoms with van der Waals surface area (Å²) in [6, 6.07) is 12.6. The summed E-state index contributed by atoms with van der Waals surface area (Å²) < 4.78 is 6.28. The van der Waals surface area contributed by atoms with Crippen molar-refractivity contribution in [2.75, 3.05) is 17.2 Å². The number of anilines is 2.